The van der Waals surface area contributed by atoms with Gasteiger partial charge in [0, 0.05) is 13.1 Å². The van der Waals surface area contributed by atoms with Crippen LogP contribution in [0, 0.1) is 5.92 Å². The Hall–Kier alpha value is -2.93. The molecule has 5 nitrogen and oxygen atoms in total. The van der Waals surface area contributed by atoms with E-state index >= 15 is 0 Å². The summed E-state index contributed by atoms with van der Waals surface area (Å²) in [5, 5.41) is 11.1. The van der Waals surface area contributed by atoms with Crippen LogP contribution in [-0.2, 0) is 22.5 Å². The van der Waals surface area contributed by atoms with Gasteiger partial charge in [0.1, 0.15) is 5.75 Å². The molecule has 3 aromatic rings. The van der Waals surface area contributed by atoms with Crippen LogP contribution in [0.15, 0.2) is 84.9 Å². The Balaban J connectivity index is 1.57. The number of carbonyl (C=O) groups excluding carboxylic acids is 1. The van der Waals surface area contributed by atoms with Crippen molar-refractivity contribution in [3.8, 4) is 5.75 Å². The van der Waals surface area contributed by atoms with E-state index in [9.17, 15) is 9.90 Å². The summed E-state index contributed by atoms with van der Waals surface area (Å²) in [7, 11) is -0.362. The number of hydrogen-bond donors (Lipinski definition) is 1. The fraction of sp³-hybridized carbons (Fsp3) is 0.424. The number of aliphatic hydroxyl groups is 1. The Bertz CT molecular complexity index is 1170. The van der Waals surface area contributed by atoms with E-state index in [1.165, 1.54) is 10.8 Å². The van der Waals surface area contributed by atoms with E-state index in [4.69, 9.17) is 9.47 Å². The van der Waals surface area contributed by atoms with Gasteiger partial charge in [-0.3, -0.25) is 4.79 Å². The summed E-state index contributed by atoms with van der Waals surface area (Å²) >= 11 is 0. The first-order chi connectivity index (χ1) is 18.8. The average molecular weight is 546 g/mol. The normalized spacial score (nSPS) is 21.1. The van der Waals surface area contributed by atoms with Crippen molar-refractivity contribution in [2.24, 2.45) is 5.92 Å². The lowest BCUT2D eigenvalue weighted by atomic mass is 9.95. The van der Waals surface area contributed by atoms with E-state index in [1.807, 2.05) is 48.5 Å². The second kappa shape index (κ2) is 13.4. The Morgan fingerprint density at radius 1 is 0.923 bits per heavy atom. The second-order valence-electron chi connectivity index (χ2n) is 11.3. The van der Waals surface area contributed by atoms with Crippen molar-refractivity contribution >= 4 is 19.2 Å². The summed E-state index contributed by atoms with van der Waals surface area (Å²) < 4.78 is 12.2. The van der Waals surface area contributed by atoms with Gasteiger partial charge in [0.2, 0.25) is 5.91 Å². The van der Waals surface area contributed by atoms with E-state index in [0.717, 1.165) is 24.2 Å². The van der Waals surface area contributed by atoms with Crippen LogP contribution < -0.4 is 9.92 Å². The maximum atomic E-state index is 13.7. The molecule has 4 rings (SSSR count). The summed E-state index contributed by atoms with van der Waals surface area (Å²) in [6, 6.07) is 29.0. The summed E-state index contributed by atoms with van der Waals surface area (Å²) in [5.74, 6) is 1.22. The summed E-state index contributed by atoms with van der Waals surface area (Å²) in [5.41, 5.74) is 2.65. The first-order valence-corrected chi connectivity index (χ1v) is 17.2. The molecular weight excluding hydrogens is 502 g/mol. The number of rotatable bonds is 12. The largest absolute Gasteiger partial charge is 0.497 e. The molecule has 1 N–H and O–H groups in total. The number of carbonyl (C=O) groups is 1. The highest BCUT2D eigenvalue weighted by molar-refractivity contribution is 6.91. The van der Waals surface area contributed by atoms with E-state index in [2.05, 4.69) is 56.4 Å². The maximum Gasteiger partial charge on any atom is 0.225 e. The van der Waals surface area contributed by atoms with Gasteiger partial charge in [0.15, 0.2) is 0 Å². The minimum absolute atomic E-state index is 0.0401. The minimum Gasteiger partial charge on any atom is -0.497 e. The number of amides is 1. The third-order valence-electron chi connectivity index (χ3n) is 8.45. The molecule has 1 heterocycles. The van der Waals surface area contributed by atoms with E-state index in [1.54, 1.807) is 12.0 Å². The molecule has 4 atom stereocenters. The van der Waals surface area contributed by atoms with Crippen LogP contribution >= 0.6 is 0 Å². The lowest BCUT2D eigenvalue weighted by Gasteiger charge is -2.36. The number of aryl methyl sites for hydroxylation is 1. The van der Waals surface area contributed by atoms with Gasteiger partial charge in [-0.05, 0) is 47.6 Å². The van der Waals surface area contributed by atoms with Crippen LogP contribution in [0.2, 0.25) is 18.6 Å². The van der Waals surface area contributed by atoms with Gasteiger partial charge in [0.25, 0.3) is 0 Å². The molecule has 1 amide bonds. The van der Waals surface area contributed by atoms with Crippen LogP contribution in [0.3, 0.4) is 0 Å². The topological polar surface area (TPSA) is 59.0 Å². The van der Waals surface area contributed by atoms with Crippen molar-refractivity contribution in [1.29, 1.82) is 0 Å². The van der Waals surface area contributed by atoms with Crippen LogP contribution in [0.5, 0.6) is 5.75 Å². The molecule has 0 unspecified atom stereocenters. The van der Waals surface area contributed by atoms with Crippen molar-refractivity contribution in [2.45, 2.75) is 63.6 Å². The molecule has 39 heavy (non-hydrogen) atoms. The zero-order chi connectivity index (χ0) is 27.8. The first kappa shape index (κ1) is 29.1. The number of ether oxygens (including phenoxy) is 2. The Kier molecular flexibility index (Phi) is 10.0. The zero-order valence-electron chi connectivity index (χ0n) is 23.8. The van der Waals surface area contributed by atoms with E-state index in [0.29, 0.717) is 25.4 Å². The molecule has 1 saturated heterocycles. The number of nitrogens with zero attached hydrogens (tertiary/aromatic N) is 1. The van der Waals surface area contributed by atoms with Crippen LogP contribution in [-0.4, -0.2) is 56.5 Å². The summed E-state index contributed by atoms with van der Waals surface area (Å²) in [4.78, 5) is 15.5. The predicted molar refractivity (Wildman–Crippen MR) is 160 cm³/mol. The quantitative estimate of drug-likeness (QED) is 0.309. The molecule has 0 radical (unpaired) electrons. The van der Waals surface area contributed by atoms with Crippen molar-refractivity contribution in [2.75, 3.05) is 20.3 Å². The highest BCUT2D eigenvalue weighted by Crippen LogP contribution is 2.46. The van der Waals surface area contributed by atoms with Gasteiger partial charge in [-0.1, -0.05) is 98.0 Å². The first-order valence-electron chi connectivity index (χ1n) is 14.1. The van der Waals surface area contributed by atoms with Gasteiger partial charge in [-0.15, -0.1) is 0 Å². The molecule has 1 aliphatic heterocycles. The highest BCUT2D eigenvalue weighted by atomic mass is 28.3. The van der Waals surface area contributed by atoms with E-state index in [-0.39, 0.29) is 30.3 Å². The van der Waals surface area contributed by atoms with Crippen molar-refractivity contribution in [3.05, 3.63) is 96.1 Å². The molecule has 0 aromatic heterocycles. The summed E-state index contributed by atoms with van der Waals surface area (Å²) in [6.07, 6.45) is 2.16. The van der Waals surface area contributed by atoms with Crippen molar-refractivity contribution < 1.29 is 19.4 Å². The van der Waals surface area contributed by atoms with Crippen LogP contribution in [0.1, 0.15) is 30.9 Å². The second-order valence-corrected chi connectivity index (χ2v) is 16.0. The third kappa shape index (κ3) is 7.18. The van der Waals surface area contributed by atoms with Crippen LogP contribution in [0.4, 0.5) is 0 Å². The molecule has 0 saturated carbocycles. The van der Waals surface area contributed by atoms with Crippen molar-refractivity contribution in [1.82, 2.24) is 4.90 Å². The Morgan fingerprint density at radius 2 is 1.54 bits per heavy atom. The zero-order valence-corrected chi connectivity index (χ0v) is 24.8. The fourth-order valence-corrected chi connectivity index (χ4v) is 10.4. The third-order valence-corrected chi connectivity index (χ3v) is 12.8. The smallest absolute Gasteiger partial charge is 0.225 e. The van der Waals surface area contributed by atoms with E-state index < -0.39 is 8.07 Å². The van der Waals surface area contributed by atoms with Gasteiger partial charge in [-0.25, -0.2) is 0 Å². The highest BCUT2D eigenvalue weighted by Gasteiger charge is 2.51. The number of aliphatic hydroxyl groups excluding tert-OH is 1. The van der Waals surface area contributed by atoms with Gasteiger partial charge >= 0.3 is 0 Å². The molecule has 1 aliphatic rings. The Labute approximate surface area is 234 Å². The summed E-state index contributed by atoms with van der Waals surface area (Å²) in [6.45, 7) is 7.88. The van der Waals surface area contributed by atoms with Gasteiger partial charge in [-0.2, -0.15) is 0 Å². The number of benzene rings is 3. The standard InChI is InChI=1S/C33H43NO4Si/c1-25-30(20-15-26-11-7-5-8-12-26)38-31(33(25)39(3,4)29-18-16-28(37-2)17-19-29)23-32(36)34(21-22-35)24-27-13-9-6-10-14-27/h5-14,16-19,25,30-31,33,35H,15,20-24H2,1-4H3/t25-,30+,31-,33+/m1/s1. The van der Waals surface area contributed by atoms with Crippen molar-refractivity contribution in [3.63, 3.8) is 0 Å². The minimum atomic E-state index is -2.05. The monoisotopic (exact) mass is 545 g/mol. The fourth-order valence-electron chi connectivity index (χ4n) is 6.32. The van der Waals surface area contributed by atoms with Gasteiger partial charge in [0.05, 0.1) is 40.4 Å². The lowest BCUT2D eigenvalue weighted by molar-refractivity contribution is -0.135. The molecular formula is C33H43NO4Si. The lowest BCUT2D eigenvalue weighted by Crippen LogP contribution is -2.51. The molecule has 3 aromatic carbocycles. The molecule has 1 fully saturated rings. The van der Waals surface area contributed by atoms with Crippen LogP contribution in [0.25, 0.3) is 0 Å². The molecule has 0 aliphatic carbocycles. The number of hydrogen-bond acceptors (Lipinski definition) is 4. The Morgan fingerprint density at radius 3 is 2.13 bits per heavy atom. The number of methoxy groups -OCH3 is 1. The average Bonchev–Trinajstić information content (AvgIpc) is 3.27. The predicted octanol–water partition coefficient (Wildman–Crippen LogP) is 5.43. The van der Waals surface area contributed by atoms with Gasteiger partial charge < -0.3 is 19.5 Å². The molecule has 0 bridgehead atoms. The molecule has 6 heteroatoms. The molecule has 208 valence electrons. The molecule has 0 spiro atoms. The SMILES string of the molecule is COc1ccc([Si](C)(C)[C@H]2[C@H](C)[C@H](CCc3ccccc3)O[C@@H]2CC(=O)N(CCO)Cc2ccccc2)cc1. The maximum absolute atomic E-state index is 13.7.